The average molecular weight is 488 g/mol. The zero-order chi connectivity index (χ0) is 22.0. The number of rotatable bonds is 3. The molecular formula is C23H29ClF3N3OS. The number of nitrogens with zero attached hydrogens (tertiary/aromatic N) is 3. The Bertz CT molecular complexity index is 869. The molecule has 1 aliphatic heterocycles. The van der Waals surface area contributed by atoms with Crippen LogP contribution >= 0.6 is 24.2 Å². The lowest BCUT2D eigenvalue weighted by Gasteiger charge is -2.55. The number of halogens is 4. The van der Waals surface area contributed by atoms with Gasteiger partial charge in [0.15, 0.2) is 5.17 Å². The first-order valence-corrected chi connectivity index (χ1v) is 12.0. The summed E-state index contributed by atoms with van der Waals surface area (Å²) in [5.41, 5.74) is -0.178. The summed E-state index contributed by atoms with van der Waals surface area (Å²) >= 11 is 1.66. The van der Waals surface area contributed by atoms with Crippen LogP contribution in [0.4, 0.5) is 18.9 Å². The molecule has 1 saturated heterocycles. The Labute approximate surface area is 197 Å². The second-order valence-corrected chi connectivity index (χ2v) is 10.9. The minimum absolute atomic E-state index is 0. The normalized spacial score (nSPS) is 34.7. The van der Waals surface area contributed by atoms with E-state index in [-0.39, 0.29) is 30.0 Å². The van der Waals surface area contributed by atoms with Gasteiger partial charge in [-0.05, 0) is 80.5 Å². The second-order valence-electron chi connectivity index (χ2n) is 9.87. The summed E-state index contributed by atoms with van der Waals surface area (Å²) in [4.78, 5) is 21.4. The third-order valence-corrected chi connectivity index (χ3v) is 8.66. The van der Waals surface area contributed by atoms with Crippen molar-refractivity contribution in [1.29, 1.82) is 0 Å². The molecule has 1 atom stereocenters. The van der Waals surface area contributed by atoms with Gasteiger partial charge in [-0.1, -0.05) is 11.8 Å². The fraction of sp³-hybridized carbons (Fsp3) is 0.652. The van der Waals surface area contributed by atoms with Crippen molar-refractivity contribution in [1.82, 2.24) is 4.90 Å². The van der Waals surface area contributed by atoms with Crippen LogP contribution in [0.25, 0.3) is 0 Å². The van der Waals surface area contributed by atoms with Gasteiger partial charge >= 0.3 is 6.18 Å². The van der Waals surface area contributed by atoms with Crippen molar-refractivity contribution in [2.75, 3.05) is 17.7 Å². The first kappa shape index (κ1) is 23.7. The molecule has 1 heterocycles. The Balaban J connectivity index is 0.00000245. The van der Waals surface area contributed by atoms with E-state index in [0.29, 0.717) is 11.4 Å². The van der Waals surface area contributed by atoms with Crippen LogP contribution < -0.4 is 4.90 Å². The highest BCUT2D eigenvalue weighted by Gasteiger charge is 2.51. The fourth-order valence-electron chi connectivity index (χ4n) is 6.63. The lowest BCUT2D eigenvalue weighted by atomic mass is 9.53. The summed E-state index contributed by atoms with van der Waals surface area (Å²) in [5, 5.41) is 0.963. The molecule has 4 nitrogen and oxygen atoms in total. The van der Waals surface area contributed by atoms with Gasteiger partial charge in [0, 0.05) is 25.4 Å². The Morgan fingerprint density at radius 1 is 1.09 bits per heavy atom. The molecule has 1 amide bonds. The number of carbonyl (C=O) groups is 1. The standard InChI is InChI=1S/C23H28F3N3OS.ClH/c1-14(30)29(19-5-3-18(4-6-19)23(24,25)26)20-13-31-21(28(20)2)27-22-10-15-7-16(11-22)9-17(8-15)12-22;/h3-6,15-17,20H,7-13H2,1-2H3;1H. The predicted molar refractivity (Wildman–Crippen MR) is 124 cm³/mol. The first-order chi connectivity index (χ1) is 14.6. The molecular weight excluding hydrogens is 459 g/mol. The van der Waals surface area contributed by atoms with Gasteiger partial charge in [0.1, 0.15) is 6.17 Å². The molecule has 1 aromatic rings. The summed E-state index contributed by atoms with van der Waals surface area (Å²) < 4.78 is 38.8. The SMILES string of the molecule is CC(=O)N(c1ccc(C(F)(F)F)cc1)C1CSC(=NC23CC4CC(CC(C4)C2)C3)N1C.Cl. The maximum Gasteiger partial charge on any atom is 0.416 e. The molecule has 5 fully saturated rings. The molecule has 4 saturated carbocycles. The van der Waals surface area contributed by atoms with E-state index in [2.05, 4.69) is 0 Å². The molecule has 32 heavy (non-hydrogen) atoms. The maximum atomic E-state index is 12.9. The third-order valence-electron chi connectivity index (χ3n) is 7.56. The number of amidine groups is 1. The molecule has 9 heteroatoms. The number of hydrogen-bond donors (Lipinski definition) is 0. The smallest absolute Gasteiger partial charge is 0.333 e. The summed E-state index contributed by atoms with van der Waals surface area (Å²) in [5.74, 6) is 2.90. The second kappa shape index (κ2) is 8.42. The first-order valence-electron chi connectivity index (χ1n) is 11.1. The maximum absolute atomic E-state index is 12.9. The van der Waals surface area contributed by atoms with E-state index in [1.54, 1.807) is 16.7 Å². The van der Waals surface area contributed by atoms with Gasteiger partial charge in [-0.2, -0.15) is 13.2 Å². The summed E-state index contributed by atoms with van der Waals surface area (Å²) in [6, 6.07) is 4.85. The van der Waals surface area contributed by atoms with E-state index in [4.69, 9.17) is 4.99 Å². The van der Waals surface area contributed by atoms with Gasteiger partial charge in [0.05, 0.1) is 11.1 Å². The molecule has 6 rings (SSSR count). The van der Waals surface area contributed by atoms with Crippen LogP contribution in [0.2, 0.25) is 0 Å². The van der Waals surface area contributed by atoms with Crippen LogP contribution in [0, 0.1) is 17.8 Å². The van der Waals surface area contributed by atoms with Gasteiger partial charge in [-0.3, -0.25) is 14.7 Å². The number of aliphatic imine (C=N–C) groups is 1. The van der Waals surface area contributed by atoms with Crippen LogP contribution in [0.3, 0.4) is 0 Å². The molecule has 5 aliphatic rings. The van der Waals surface area contributed by atoms with Crippen molar-refractivity contribution in [2.45, 2.75) is 63.3 Å². The van der Waals surface area contributed by atoms with Crippen LogP contribution in [-0.2, 0) is 11.0 Å². The van der Waals surface area contributed by atoms with E-state index >= 15 is 0 Å². The Hall–Kier alpha value is -1.41. The number of amides is 1. The van der Waals surface area contributed by atoms with Gasteiger partial charge < -0.3 is 4.90 Å². The lowest BCUT2D eigenvalue weighted by Crippen LogP contribution is -2.51. The van der Waals surface area contributed by atoms with E-state index in [0.717, 1.165) is 35.1 Å². The number of anilines is 1. The molecule has 1 unspecified atom stereocenters. The topological polar surface area (TPSA) is 35.9 Å². The highest BCUT2D eigenvalue weighted by atomic mass is 35.5. The monoisotopic (exact) mass is 487 g/mol. The fourth-order valence-corrected chi connectivity index (χ4v) is 7.88. The van der Waals surface area contributed by atoms with Crippen molar-refractivity contribution < 1.29 is 18.0 Å². The number of carbonyl (C=O) groups excluding carboxylic acids is 1. The van der Waals surface area contributed by atoms with Gasteiger partial charge in [0.25, 0.3) is 0 Å². The average Bonchev–Trinajstić information content (AvgIpc) is 3.00. The van der Waals surface area contributed by atoms with Crippen LogP contribution in [0.15, 0.2) is 29.3 Å². The zero-order valence-electron chi connectivity index (χ0n) is 18.3. The molecule has 0 aromatic heterocycles. The molecule has 0 radical (unpaired) electrons. The predicted octanol–water partition coefficient (Wildman–Crippen LogP) is 5.81. The highest BCUT2D eigenvalue weighted by Crippen LogP contribution is 2.57. The number of alkyl halides is 3. The third kappa shape index (κ3) is 4.25. The number of hydrogen-bond acceptors (Lipinski definition) is 3. The molecule has 1 aromatic carbocycles. The van der Waals surface area contributed by atoms with Gasteiger partial charge in [0.2, 0.25) is 5.91 Å². The van der Waals surface area contributed by atoms with E-state index in [1.807, 2.05) is 11.9 Å². The Morgan fingerprint density at radius 3 is 2.09 bits per heavy atom. The largest absolute Gasteiger partial charge is 0.416 e. The van der Waals surface area contributed by atoms with Crippen LogP contribution in [0.5, 0.6) is 0 Å². The molecule has 0 spiro atoms. The number of thioether (sulfide) groups is 1. The van der Waals surface area contributed by atoms with Crippen molar-refractivity contribution in [3.8, 4) is 0 Å². The quantitative estimate of drug-likeness (QED) is 0.539. The minimum Gasteiger partial charge on any atom is -0.333 e. The molecule has 176 valence electrons. The summed E-state index contributed by atoms with van der Waals surface area (Å²) in [7, 11) is 1.95. The van der Waals surface area contributed by atoms with Gasteiger partial charge in [-0.15, -0.1) is 12.4 Å². The molecule has 4 aliphatic carbocycles. The van der Waals surface area contributed by atoms with E-state index in [1.165, 1.54) is 57.6 Å². The summed E-state index contributed by atoms with van der Waals surface area (Å²) in [6.45, 7) is 1.46. The van der Waals surface area contributed by atoms with E-state index < -0.39 is 11.7 Å². The van der Waals surface area contributed by atoms with Crippen molar-refractivity contribution >= 4 is 40.9 Å². The van der Waals surface area contributed by atoms with Crippen molar-refractivity contribution in [2.24, 2.45) is 22.7 Å². The summed E-state index contributed by atoms with van der Waals surface area (Å²) in [6.07, 6.45) is 2.97. The number of benzene rings is 1. The van der Waals surface area contributed by atoms with Crippen molar-refractivity contribution in [3.05, 3.63) is 29.8 Å². The van der Waals surface area contributed by atoms with Crippen LogP contribution in [0.1, 0.15) is 51.0 Å². The molecule has 4 bridgehead atoms. The Kier molecular flexibility index (Phi) is 6.25. The van der Waals surface area contributed by atoms with E-state index in [9.17, 15) is 18.0 Å². The van der Waals surface area contributed by atoms with Gasteiger partial charge in [-0.25, -0.2) is 0 Å². The molecule has 0 N–H and O–H groups in total. The zero-order valence-corrected chi connectivity index (χ0v) is 19.9. The van der Waals surface area contributed by atoms with Crippen molar-refractivity contribution in [3.63, 3.8) is 0 Å². The van der Waals surface area contributed by atoms with Crippen LogP contribution in [-0.4, -0.2) is 40.5 Å². The Morgan fingerprint density at radius 2 is 1.62 bits per heavy atom. The lowest BCUT2D eigenvalue weighted by molar-refractivity contribution is -0.137. The highest BCUT2D eigenvalue weighted by molar-refractivity contribution is 8.14. The minimum atomic E-state index is -4.39.